The Morgan fingerprint density at radius 2 is 0.956 bits per heavy atom. The van der Waals surface area contributed by atoms with Gasteiger partial charge in [-0.25, -0.2) is 0 Å². The summed E-state index contributed by atoms with van der Waals surface area (Å²) in [4.78, 5) is 5.46. The van der Waals surface area contributed by atoms with Crippen molar-refractivity contribution in [2.75, 3.05) is 0 Å². The molecule has 1 heterocycles. The van der Waals surface area contributed by atoms with Crippen LogP contribution in [0, 0.1) is 0 Å². The molecule has 214 valence electrons. The summed E-state index contributed by atoms with van der Waals surface area (Å²) in [6, 6.07) is 65.3. The molecule has 0 fully saturated rings. The Morgan fingerprint density at radius 1 is 0.422 bits per heavy atom. The Balaban J connectivity index is 1.39. The summed E-state index contributed by atoms with van der Waals surface area (Å²) in [7, 11) is -1.89. The van der Waals surface area contributed by atoms with E-state index in [0.29, 0.717) is 0 Å². The second-order valence-corrected chi connectivity index (χ2v) is 14.8. The van der Waals surface area contributed by atoms with Crippen LogP contribution in [0.2, 0.25) is 0 Å². The van der Waals surface area contributed by atoms with E-state index in [1.807, 2.05) is 0 Å². The van der Waals surface area contributed by atoms with Gasteiger partial charge in [0.1, 0.15) is 0 Å². The Morgan fingerprint density at radius 3 is 1.64 bits per heavy atom. The van der Waals surface area contributed by atoms with E-state index in [4.69, 9.17) is 0 Å². The molecule has 0 radical (unpaired) electrons. The Kier molecular flexibility index (Phi) is 6.04. The molecule has 0 aliphatic heterocycles. The Labute approximate surface area is 265 Å². The first-order valence-corrected chi connectivity index (χ1v) is 17.2. The van der Waals surface area contributed by atoms with Crippen molar-refractivity contribution in [3.8, 4) is 16.8 Å². The van der Waals surface area contributed by atoms with Gasteiger partial charge in [-0.2, -0.15) is 0 Å². The first-order chi connectivity index (χ1) is 22.3. The van der Waals surface area contributed by atoms with E-state index in [2.05, 4.69) is 180 Å². The lowest BCUT2D eigenvalue weighted by Gasteiger charge is -2.43. The largest absolute Gasteiger partial charge is 0.309 e. The molecular formula is C43H31NS. The van der Waals surface area contributed by atoms with E-state index < -0.39 is 10.0 Å². The van der Waals surface area contributed by atoms with Gasteiger partial charge in [-0.05, 0) is 89.3 Å². The minimum absolute atomic E-state index is 0.947. The van der Waals surface area contributed by atoms with Crippen LogP contribution in [0.4, 0.5) is 0 Å². The van der Waals surface area contributed by atoms with Crippen LogP contribution in [0.1, 0.15) is 11.1 Å². The van der Waals surface area contributed by atoms with Gasteiger partial charge in [0.2, 0.25) is 0 Å². The number of aromatic nitrogens is 1. The molecule has 0 saturated carbocycles. The van der Waals surface area contributed by atoms with Gasteiger partial charge in [0.15, 0.2) is 0 Å². The maximum atomic E-state index is 2.47. The second kappa shape index (κ2) is 10.4. The molecule has 45 heavy (non-hydrogen) atoms. The molecule has 0 atom stereocenters. The van der Waals surface area contributed by atoms with E-state index in [0.717, 1.165) is 6.42 Å². The number of rotatable bonds is 5. The third-order valence-electron chi connectivity index (χ3n) is 9.34. The lowest BCUT2D eigenvalue weighted by molar-refractivity contribution is 1.13. The molecular weight excluding hydrogens is 563 g/mol. The summed E-state index contributed by atoms with van der Waals surface area (Å²) in [5.74, 6) is 0. The number of nitrogens with zero attached hydrogens (tertiary/aromatic N) is 1. The standard InChI is InChI=1S/C43H31NS/c1-3-17-33(18-4-1)45(34-19-5-2-6-20-34,43-28-14-25-37-36-22-8-7-15-31(36)29-40(37)43)35-21-13-16-32(30-35)44-41-26-11-9-23-38(41)39-24-10-12-27-42(39)44/h1-28,30H,29H2. The molecule has 1 aliphatic rings. The van der Waals surface area contributed by atoms with Gasteiger partial charge < -0.3 is 4.57 Å². The van der Waals surface area contributed by atoms with Gasteiger partial charge in [-0.15, -0.1) is 10.0 Å². The van der Waals surface area contributed by atoms with Crippen LogP contribution in [0.25, 0.3) is 38.6 Å². The SMILES string of the molecule is c1ccc(S(c2ccccc2)(c2cccc(-n3c4ccccc4c4ccccc43)c2)c2cccc3c2Cc2ccccc2-3)cc1. The number of fused-ring (bicyclic) bond motifs is 6. The van der Waals surface area contributed by atoms with Gasteiger partial charge in [-0.1, -0.05) is 115 Å². The molecule has 0 bridgehead atoms. The molecule has 0 saturated heterocycles. The van der Waals surface area contributed by atoms with Gasteiger partial charge in [0.25, 0.3) is 0 Å². The van der Waals surface area contributed by atoms with Crippen LogP contribution >= 0.6 is 10.0 Å². The average molecular weight is 594 g/mol. The highest BCUT2D eigenvalue weighted by molar-refractivity contribution is 8.34. The van der Waals surface area contributed by atoms with Crippen molar-refractivity contribution < 1.29 is 0 Å². The molecule has 7 aromatic carbocycles. The number of hydrogen-bond donors (Lipinski definition) is 0. The summed E-state index contributed by atoms with van der Waals surface area (Å²) in [6.45, 7) is 0. The molecule has 1 nitrogen and oxygen atoms in total. The van der Waals surface area contributed by atoms with E-state index in [-0.39, 0.29) is 0 Å². The zero-order valence-corrected chi connectivity index (χ0v) is 25.6. The van der Waals surface area contributed by atoms with Gasteiger partial charge >= 0.3 is 0 Å². The van der Waals surface area contributed by atoms with Crippen molar-refractivity contribution >= 4 is 31.8 Å². The molecule has 0 spiro atoms. The number of benzene rings is 7. The quantitative estimate of drug-likeness (QED) is 0.187. The van der Waals surface area contributed by atoms with Crippen LogP contribution in [0.5, 0.6) is 0 Å². The van der Waals surface area contributed by atoms with Crippen molar-refractivity contribution in [1.82, 2.24) is 4.57 Å². The molecule has 2 heteroatoms. The van der Waals surface area contributed by atoms with Crippen LogP contribution in [0.3, 0.4) is 0 Å². The summed E-state index contributed by atoms with van der Waals surface area (Å²) < 4.78 is 2.44. The zero-order valence-electron chi connectivity index (χ0n) is 24.8. The van der Waals surface area contributed by atoms with Gasteiger partial charge in [-0.3, -0.25) is 0 Å². The predicted octanol–water partition coefficient (Wildman–Crippen LogP) is 11.7. The molecule has 9 rings (SSSR count). The fourth-order valence-corrected chi connectivity index (χ4v) is 11.6. The maximum absolute atomic E-state index is 2.47. The third-order valence-corrected chi connectivity index (χ3v) is 13.3. The summed E-state index contributed by atoms with van der Waals surface area (Å²) in [5.41, 5.74) is 9.23. The van der Waals surface area contributed by atoms with E-state index in [1.54, 1.807) is 0 Å². The highest BCUT2D eigenvalue weighted by atomic mass is 32.3. The average Bonchev–Trinajstić information content (AvgIpc) is 3.66. The topological polar surface area (TPSA) is 4.93 Å². The third kappa shape index (κ3) is 3.89. The molecule has 0 N–H and O–H groups in total. The first kappa shape index (κ1) is 26.1. The van der Waals surface area contributed by atoms with Crippen LogP contribution < -0.4 is 0 Å². The monoisotopic (exact) mass is 593 g/mol. The summed E-state index contributed by atoms with van der Waals surface area (Å²) in [5, 5.41) is 2.56. The Hall–Kier alpha value is -5.31. The normalized spacial score (nSPS) is 12.7. The fraction of sp³-hybridized carbons (Fsp3) is 0.0233. The minimum Gasteiger partial charge on any atom is -0.309 e. The van der Waals surface area contributed by atoms with Crippen molar-refractivity contribution in [3.05, 3.63) is 187 Å². The first-order valence-electron chi connectivity index (χ1n) is 15.6. The smallest absolute Gasteiger partial charge is 0.0541 e. The summed E-state index contributed by atoms with van der Waals surface area (Å²) >= 11 is 0. The van der Waals surface area contributed by atoms with Crippen molar-refractivity contribution in [1.29, 1.82) is 0 Å². The second-order valence-electron chi connectivity index (χ2n) is 11.7. The summed E-state index contributed by atoms with van der Waals surface area (Å²) in [6.07, 6.45) is 0.947. The molecule has 8 aromatic rings. The molecule has 0 amide bonds. The van der Waals surface area contributed by atoms with E-state index in [1.165, 1.54) is 69.3 Å². The molecule has 1 aromatic heterocycles. The van der Waals surface area contributed by atoms with Crippen molar-refractivity contribution in [2.24, 2.45) is 0 Å². The van der Waals surface area contributed by atoms with E-state index in [9.17, 15) is 0 Å². The fourth-order valence-electron chi connectivity index (χ4n) is 7.47. The van der Waals surface area contributed by atoms with Crippen molar-refractivity contribution in [2.45, 2.75) is 26.0 Å². The van der Waals surface area contributed by atoms with E-state index >= 15 is 0 Å². The molecule has 1 aliphatic carbocycles. The number of hydrogen-bond acceptors (Lipinski definition) is 0. The van der Waals surface area contributed by atoms with Crippen LogP contribution in [-0.4, -0.2) is 4.57 Å². The van der Waals surface area contributed by atoms with Crippen LogP contribution in [0.15, 0.2) is 196 Å². The van der Waals surface area contributed by atoms with Gasteiger partial charge in [0, 0.05) is 36.0 Å². The van der Waals surface area contributed by atoms with Gasteiger partial charge in [0.05, 0.1) is 11.0 Å². The highest BCUT2D eigenvalue weighted by Crippen LogP contribution is 2.75. The maximum Gasteiger partial charge on any atom is 0.0541 e. The molecule has 0 unspecified atom stereocenters. The minimum atomic E-state index is -1.89. The lowest BCUT2D eigenvalue weighted by Crippen LogP contribution is -2.08. The lowest BCUT2D eigenvalue weighted by atomic mass is 10.1. The highest BCUT2D eigenvalue weighted by Gasteiger charge is 2.37. The predicted molar refractivity (Wildman–Crippen MR) is 189 cm³/mol. The zero-order chi connectivity index (χ0) is 29.8. The van der Waals surface area contributed by atoms with Crippen LogP contribution in [-0.2, 0) is 6.42 Å². The number of para-hydroxylation sites is 2. The van der Waals surface area contributed by atoms with Crippen molar-refractivity contribution in [3.63, 3.8) is 0 Å². The Bertz CT molecular complexity index is 2260.